The summed E-state index contributed by atoms with van der Waals surface area (Å²) in [6.07, 6.45) is 1.66. The summed E-state index contributed by atoms with van der Waals surface area (Å²) < 4.78 is 0.954. The highest BCUT2D eigenvalue weighted by Crippen LogP contribution is 2.22. The number of hydrogen-bond acceptors (Lipinski definition) is 3. The fourth-order valence-corrected chi connectivity index (χ4v) is 2.28. The number of halogens is 1. The number of rotatable bonds is 4. The van der Waals surface area contributed by atoms with Gasteiger partial charge < -0.3 is 10.6 Å². The van der Waals surface area contributed by atoms with Crippen molar-refractivity contribution in [2.45, 2.75) is 19.0 Å². The van der Waals surface area contributed by atoms with Gasteiger partial charge in [-0.1, -0.05) is 28.1 Å². The van der Waals surface area contributed by atoms with E-state index in [9.17, 15) is 4.79 Å². The third-order valence-corrected chi connectivity index (χ3v) is 3.73. The van der Waals surface area contributed by atoms with Crippen molar-refractivity contribution < 1.29 is 4.79 Å². The van der Waals surface area contributed by atoms with Gasteiger partial charge in [-0.25, -0.2) is 0 Å². The number of nitrogens with two attached hydrogens (primary N) is 1. The van der Waals surface area contributed by atoms with E-state index in [-0.39, 0.29) is 5.91 Å². The quantitative estimate of drug-likeness (QED) is 0.896. The molecular weight excluding hydrogens is 320 g/mol. The molecule has 5 nitrogen and oxygen atoms in total. The highest BCUT2D eigenvalue weighted by atomic mass is 79.9. The highest BCUT2D eigenvalue weighted by molar-refractivity contribution is 9.10. The molecule has 0 fully saturated rings. The minimum atomic E-state index is -1.06. The smallest absolute Gasteiger partial charge is 0.247 e. The maximum atomic E-state index is 12.5. The Labute approximate surface area is 126 Å². The first kappa shape index (κ1) is 14.7. The Morgan fingerprint density at radius 2 is 2.05 bits per heavy atom. The first-order chi connectivity index (χ1) is 9.41. The van der Waals surface area contributed by atoms with Crippen LogP contribution in [0.15, 0.2) is 41.0 Å². The number of nitrogens with one attached hydrogen (secondary N) is 1. The Kier molecular flexibility index (Phi) is 4.25. The number of likely N-dealkylation sites (N-methyl/N-ethyl adjacent to an activating group) is 1. The maximum absolute atomic E-state index is 12.5. The van der Waals surface area contributed by atoms with E-state index in [1.807, 2.05) is 30.3 Å². The molecule has 1 atom stereocenters. The number of amides is 1. The van der Waals surface area contributed by atoms with Crippen molar-refractivity contribution in [3.05, 3.63) is 52.3 Å². The molecule has 1 unspecified atom stereocenters. The van der Waals surface area contributed by atoms with Crippen molar-refractivity contribution in [2.24, 2.45) is 5.73 Å². The van der Waals surface area contributed by atoms with Gasteiger partial charge in [-0.3, -0.25) is 9.89 Å². The Hall–Kier alpha value is -1.66. The lowest BCUT2D eigenvalue weighted by molar-refractivity contribution is -0.136. The molecular formula is C14H17BrN4O. The van der Waals surface area contributed by atoms with E-state index >= 15 is 0 Å². The van der Waals surface area contributed by atoms with E-state index in [1.54, 1.807) is 25.1 Å². The molecule has 0 aliphatic carbocycles. The number of nitrogens with zero attached hydrogens (tertiary/aromatic N) is 2. The monoisotopic (exact) mass is 336 g/mol. The van der Waals surface area contributed by atoms with Crippen LogP contribution < -0.4 is 5.73 Å². The minimum Gasteiger partial charge on any atom is -0.338 e. The molecule has 2 rings (SSSR count). The van der Waals surface area contributed by atoms with Gasteiger partial charge in [0, 0.05) is 17.7 Å². The predicted molar refractivity (Wildman–Crippen MR) is 80.7 cm³/mol. The van der Waals surface area contributed by atoms with Crippen LogP contribution in [0.3, 0.4) is 0 Å². The second kappa shape index (κ2) is 5.76. The van der Waals surface area contributed by atoms with E-state index in [4.69, 9.17) is 5.73 Å². The van der Waals surface area contributed by atoms with Gasteiger partial charge in [0.05, 0.1) is 12.2 Å². The molecule has 0 aliphatic rings. The summed E-state index contributed by atoms with van der Waals surface area (Å²) in [6, 6.07) is 9.29. The van der Waals surface area contributed by atoms with Gasteiger partial charge in [-0.2, -0.15) is 5.10 Å². The van der Waals surface area contributed by atoms with Crippen LogP contribution in [0.25, 0.3) is 0 Å². The number of hydrogen-bond donors (Lipinski definition) is 2. The number of carbonyl (C=O) groups excluding carboxylic acids is 1. The Balaban J connectivity index is 2.15. The second-order valence-electron chi connectivity index (χ2n) is 4.95. The summed E-state index contributed by atoms with van der Waals surface area (Å²) in [6.45, 7) is 2.17. The zero-order valence-electron chi connectivity index (χ0n) is 11.4. The first-order valence-corrected chi connectivity index (χ1v) is 6.99. The van der Waals surface area contributed by atoms with Gasteiger partial charge in [-0.05, 0) is 30.7 Å². The lowest BCUT2D eigenvalue weighted by Gasteiger charge is -2.29. The third-order valence-electron chi connectivity index (χ3n) is 3.20. The van der Waals surface area contributed by atoms with Crippen LogP contribution in [0.1, 0.15) is 18.2 Å². The fourth-order valence-electron chi connectivity index (χ4n) is 2.02. The van der Waals surface area contributed by atoms with Crippen LogP contribution >= 0.6 is 15.9 Å². The summed E-state index contributed by atoms with van der Waals surface area (Å²) in [5.74, 6) is -0.144. The number of aromatic nitrogens is 2. The molecule has 1 aromatic carbocycles. The molecule has 0 bridgehead atoms. The van der Waals surface area contributed by atoms with Gasteiger partial charge in [0.15, 0.2) is 0 Å². The van der Waals surface area contributed by atoms with Gasteiger partial charge in [0.2, 0.25) is 5.91 Å². The number of carbonyl (C=O) groups is 1. The Morgan fingerprint density at radius 1 is 1.40 bits per heavy atom. The summed E-state index contributed by atoms with van der Waals surface area (Å²) in [5, 5.41) is 6.70. The van der Waals surface area contributed by atoms with E-state index in [0.29, 0.717) is 6.54 Å². The molecule has 3 N–H and O–H groups in total. The summed E-state index contributed by atoms with van der Waals surface area (Å²) in [5.41, 5.74) is 6.82. The van der Waals surface area contributed by atoms with E-state index in [2.05, 4.69) is 26.1 Å². The standard InChI is InChI=1S/C14H17BrN4O/c1-14(16,10-3-5-11(15)6-4-10)13(20)19(2)9-12-7-8-17-18-12/h3-8H,9,16H2,1-2H3,(H,17,18). The van der Waals surface area contributed by atoms with Crippen LogP contribution in [0.2, 0.25) is 0 Å². The summed E-state index contributed by atoms with van der Waals surface area (Å²) in [7, 11) is 1.73. The molecule has 0 radical (unpaired) electrons. The number of benzene rings is 1. The van der Waals surface area contributed by atoms with Crippen molar-refractivity contribution in [3.8, 4) is 0 Å². The zero-order valence-corrected chi connectivity index (χ0v) is 13.0. The van der Waals surface area contributed by atoms with E-state index in [0.717, 1.165) is 15.7 Å². The number of aromatic amines is 1. The molecule has 106 valence electrons. The highest BCUT2D eigenvalue weighted by Gasteiger charge is 2.33. The van der Waals surface area contributed by atoms with Crippen molar-refractivity contribution in [1.82, 2.24) is 15.1 Å². The normalized spacial score (nSPS) is 13.8. The van der Waals surface area contributed by atoms with Crippen molar-refractivity contribution in [3.63, 3.8) is 0 Å². The topological polar surface area (TPSA) is 75.0 Å². The van der Waals surface area contributed by atoms with Gasteiger partial charge in [0.1, 0.15) is 5.54 Å². The Bertz CT molecular complexity index is 578. The van der Waals surface area contributed by atoms with Crippen LogP contribution in [-0.2, 0) is 16.9 Å². The third kappa shape index (κ3) is 3.08. The molecule has 0 spiro atoms. The molecule has 1 amide bonds. The molecule has 1 aromatic heterocycles. The summed E-state index contributed by atoms with van der Waals surface area (Å²) in [4.78, 5) is 14.1. The van der Waals surface area contributed by atoms with Crippen molar-refractivity contribution in [2.75, 3.05) is 7.05 Å². The molecule has 6 heteroatoms. The molecule has 20 heavy (non-hydrogen) atoms. The van der Waals surface area contributed by atoms with Gasteiger partial charge >= 0.3 is 0 Å². The van der Waals surface area contributed by atoms with Crippen molar-refractivity contribution >= 4 is 21.8 Å². The fraction of sp³-hybridized carbons (Fsp3) is 0.286. The van der Waals surface area contributed by atoms with Gasteiger partial charge in [0.25, 0.3) is 0 Å². The van der Waals surface area contributed by atoms with Crippen LogP contribution in [0.5, 0.6) is 0 Å². The molecule has 0 aliphatic heterocycles. The second-order valence-corrected chi connectivity index (χ2v) is 5.87. The van der Waals surface area contributed by atoms with Gasteiger partial charge in [-0.15, -0.1) is 0 Å². The SMILES string of the molecule is CN(Cc1ccn[nH]1)C(=O)C(C)(N)c1ccc(Br)cc1. The molecule has 2 aromatic rings. The maximum Gasteiger partial charge on any atom is 0.247 e. The zero-order chi connectivity index (χ0) is 14.8. The van der Waals surface area contributed by atoms with E-state index < -0.39 is 5.54 Å². The molecule has 0 saturated carbocycles. The Morgan fingerprint density at radius 3 is 2.60 bits per heavy atom. The van der Waals surface area contributed by atoms with Crippen LogP contribution in [0, 0.1) is 0 Å². The first-order valence-electron chi connectivity index (χ1n) is 6.20. The van der Waals surface area contributed by atoms with Crippen molar-refractivity contribution in [1.29, 1.82) is 0 Å². The molecule has 1 heterocycles. The largest absolute Gasteiger partial charge is 0.338 e. The van der Waals surface area contributed by atoms with Crippen LogP contribution in [0.4, 0.5) is 0 Å². The minimum absolute atomic E-state index is 0.144. The summed E-state index contributed by atoms with van der Waals surface area (Å²) >= 11 is 3.37. The lowest BCUT2D eigenvalue weighted by atomic mass is 9.92. The molecule has 0 saturated heterocycles. The number of H-pyrrole nitrogens is 1. The van der Waals surface area contributed by atoms with Crippen LogP contribution in [-0.4, -0.2) is 28.1 Å². The predicted octanol–water partition coefficient (Wildman–Crippen LogP) is 2.00. The average molecular weight is 337 g/mol. The van der Waals surface area contributed by atoms with E-state index in [1.165, 1.54) is 0 Å². The lowest BCUT2D eigenvalue weighted by Crippen LogP contribution is -2.49. The average Bonchev–Trinajstić information content (AvgIpc) is 2.91.